The summed E-state index contributed by atoms with van der Waals surface area (Å²) in [5.41, 5.74) is 2.04. The number of carbonyl (C=O) groups excluding carboxylic acids is 1. The van der Waals surface area contributed by atoms with Crippen LogP contribution in [-0.2, 0) is 21.2 Å². The molecule has 1 amide bonds. The minimum Gasteiger partial charge on any atom is -0.326 e. The summed E-state index contributed by atoms with van der Waals surface area (Å²) in [5, 5.41) is 2.83. The van der Waals surface area contributed by atoms with Crippen LogP contribution < -0.4 is 5.32 Å². The minimum atomic E-state index is -3.19. The third-order valence-corrected chi connectivity index (χ3v) is 6.28. The summed E-state index contributed by atoms with van der Waals surface area (Å²) >= 11 is 0. The molecule has 0 saturated carbocycles. The van der Waals surface area contributed by atoms with E-state index in [1.54, 1.807) is 4.31 Å². The molecular formula is C18H28N2O3S. The second-order valence-corrected chi connectivity index (χ2v) is 8.46. The number of rotatable bonds is 9. The monoisotopic (exact) mass is 352 g/mol. The summed E-state index contributed by atoms with van der Waals surface area (Å²) in [4.78, 5) is 12.0. The van der Waals surface area contributed by atoms with E-state index in [0.29, 0.717) is 19.5 Å². The van der Waals surface area contributed by atoms with Crippen molar-refractivity contribution in [3.8, 4) is 0 Å². The molecule has 1 heterocycles. The molecular weight excluding hydrogens is 324 g/mol. The van der Waals surface area contributed by atoms with Gasteiger partial charge in [0.25, 0.3) is 0 Å². The molecule has 6 heteroatoms. The van der Waals surface area contributed by atoms with Crippen molar-refractivity contribution in [3.63, 3.8) is 0 Å². The van der Waals surface area contributed by atoms with E-state index in [1.165, 1.54) is 12.0 Å². The molecule has 1 N–H and O–H groups in total. The van der Waals surface area contributed by atoms with E-state index in [-0.39, 0.29) is 18.1 Å². The van der Waals surface area contributed by atoms with Crippen LogP contribution in [0.5, 0.6) is 0 Å². The molecule has 1 aliphatic heterocycles. The van der Waals surface area contributed by atoms with Gasteiger partial charge in [0.15, 0.2) is 0 Å². The molecule has 0 aliphatic carbocycles. The van der Waals surface area contributed by atoms with Crippen molar-refractivity contribution in [2.24, 2.45) is 0 Å². The number of sulfonamides is 1. The Morgan fingerprint density at radius 3 is 2.42 bits per heavy atom. The first-order valence-corrected chi connectivity index (χ1v) is 10.5. The van der Waals surface area contributed by atoms with Crippen molar-refractivity contribution in [3.05, 3.63) is 29.8 Å². The van der Waals surface area contributed by atoms with Crippen molar-refractivity contribution in [1.82, 2.24) is 4.31 Å². The smallest absolute Gasteiger partial charge is 0.224 e. The minimum absolute atomic E-state index is 0.0520. The third-order valence-electron chi connectivity index (χ3n) is 4.32. The molecule has 0 aromatic heterocycles. The van der Waals surface area contributed by atoms with Gasteiger partial charge in [-0.1, -0.05) is 25.5 Å². The molecule has 134 valence electrons. The lowest BCUT2D eigenvalue weighted by molar-refractivity contribution is -0.116. The number of anilines is 1. The lowest BCUT2D eigenvalue weighted by atomic mass is 10.1. The average molecular weight is 353 g/mol. The molecule has 24 heavy (non-hydrogen) atoms. The van der Waals surface area contributed by atoms with Gasteiger partial charge in [0.1, 0.15) is 0 Å². The maximum atomic E-state index is 12.1. The highest BCUT2D eigenvalue weighted by atomic mass is 32.2. The summed E-state index contributed by atoms with van der Waals surface area (Å²) in [6.45, 7) is 3.41. The number of unbranched alkanes of at least 4 members (excludes halogenated alkanes) is 1. The van der Waals surface area contributed by atoms with Gasteiger partial charge in [0.05, 0.1) is 5.75 Å². The molecule has 1 aromatic carbocycles. The van der Waals surface area contributed by atoms with Gasteiger partial charge < -0.3 is 5.32 Å². The molecule has 5 nitrogen and oxygen atoms in total. The Morgan fingerprint density at radius 2 is 1.79 bits per heavy atom. The molecule has 0 unspecified atom stereocenters. The Labute approximate surface area is 145 Å². The third kappa shape index (κ3) is 5.91. The van der Waals surface area contributed by atoms with E-state index < -0.39 is 10.0 Å². The predicted molar refractivity (Wildman–Crippen MR) is 97.5 cm³/mol. The van der Waals surface area contributed by atoms with Crippen LogP contribution in [0, 0.1) is 0 Å². The number of aryl methyl sites for hydroxylation is 1. The molecule has 0 atom stereocenters. The first-order valence-electron chi connectivity index (χ1n) is 8.88. The number of carbonyl (C=O) groups is 1. The second kappa shape index (κ2) is 9.18. The highest BCUT2D eigenvalue weighted by Gasteiger charge is 2.24. The zero-order chi connectivity index (χ0) is 17.4. The average Bonchev–Trinajstić information content (AvgIpc) is 3.09. The van der Waals surface area contributed by atoms with Crippen LogP contribution in [0.3, 0.4) is 0 Å². The van der Waals surface area contributed by atoms with Crippen molar-refractivity contribution in [2.75, 3.05) is 24.2 Å². The molecule has 1 aliphatic rings. The van der Waals surface area contributed by atoms with Gasteiger partial charge in [-0.05, 0) is 49.8 Å². The lowest BCUT2D eigenvalue weighted by Gasteiger charge is -2.15. The SMILES string of the molecule is CCCCc1ccc(NC(=O)CCCS(=O)(=O)N2CCCC2)cc1. The van der Waals surface area contributed by atoms with Crippen LogP contribution in [-0.4, -0.2) is 37.5 Å². The van der Waals surface area contributed by atoms with Gasteiger partial charge in [0, 0.05) is 25.2 Å². The van der Waals surface area contributed by atoms with E-state index in [9.17, 15) is 13.2 Å². The van der Waals surface area contributed by atoms with Crippen LogP contribution in [0.4, 0.5) is 5.69 Å². The Balaban J connectivity index is 1.73. The van der Waals surface area contributed by atoms with Crippen molar-refractivity contribution < 1.29 is 13.2 Å². The van der Waals surface area contributed by atoms with Crippen LogP contribution >= 0.6 is 0 Å². The number of nitrogens with one attached hydrogen (secondary N) is 1. The van der Waals surface area contributed by atoms with Crippen molar-refractivity contribution in [2.45, 2.75) is 51.9 Å². The molecule has 1 saturated heterocycles. The van der Waals surface area contributed by atoms with Gasteiger partial charge in [0.2, 0.25) is 15.9 Å². The van der Waals surface area contributed by atoms with Crippen molar-refractivity contribution in [1.29, 1.82) is 0 Å². The van der Waals surface area contributed by atoms with Crippen LogP contribution in [0.2, 0.25) is 0 Å². The lowest BCUT2D eigenvalue weighted by Crippen LogP contribution is -2.30. The highest BCUT2D eigenvalue weighted by Crippen LogP contribution is 2.15. The molecule has 1 fully saturated rings. The standard InChI is InChI=1S/C18H28N2O3S/c1-2-3-7-16-9-11-17(12-10-16)19-18(21)8-6-15-24(22,23)20-13-4-5-14-20/h9-12H,2-8,13-15H2,1H3,(H,19,21). The highest BCUT2D eigenvalue weighted by molar-refractivity contribution is 7.89. The maximum Gasteiger partial charge on any atom is 0.224 e. The molecule has 1 aromatic rings. The normalized spacial score (nSPS) is 15.5. The van der Waals surface area contributed by atoms with Crippen molar-refractivity contribution >= 4 is 21.6 Å². The number of hydrogen-bond acceptors (Lipinski definition) is 3. The van der Waals surface area contributed by atoms with Gasteiger partial charge in [-0.15, -0.1) is 0 Å². The van der Waals surface area contributed by atoms with Crippen LogP contribution in [0.15, 0.2) is 24.3 Å². The topological polar surface area (TPSA) is 66.5 Å². The summed E-state index contributed by atoms with van der Waals surface area (Å²) in [5.74, 6) is -0.0796. The Kier molecular flexibility index (Phi) is 7.24. The summed E-state index contributed by atoms with van der Waals surface area (Å²) < 4.78 is 25.7. The summed E-state index contributed by atoms with van der Waals surface area (Å²) in [6.07, 6.45) is 5.85. The van der Waals surface area contributed by atoms with Gasteiger partial charge in [-0.2, -0.15) is 0 Å². The van der Waals surface area contributed by atoms with Crippen LogP contribution in [0.1, 0.15) is 51.0 Å². The van der Waals surface area contributed by atoms with Gasteiger partial charge in [-0.3, -0.25) is 4.79 Å². The van der Waals surface area contributed by atoms with E-state index in [2.05, 4.69) is 12.2 Å². The summed E-state index contributed by atoms with van der Waals surface area (Å²) in [6, 6.07) is 7.87. The largest absolute Gasteiger partial charge is 0.326 e. The van der Waals surface area contributed by atoms with E-state index in [4.69, 9.17) is 0 Å². The van der Waals surface area contributed by atoms with Gasteiger partial charge in [-0.25, -0.2) is 12.7 Å². The number of benzene rings is 1. The Morgan fingerprint density at radius 1 is 1.12 bits per heavy atom. The molecule has 0 radical (unpaired) electrons. The van der Waals surface area contributed by atoms with E-state index >= 15 is 0 Å². The second-order valence-electron chi connectivity index (χ2n) is 6.37. The predicted octanol–water partition coefficient (Wildman–Crippen LogP) is 3.17. The quantitative estimate of drug-likeness (QED) is 0.742. The number of amides is 1. The fourth-order valence-electron chi connectivity index (χ4n) is 2.87. The zero-order valence-corrected chi connectivity index (χ0v) is 15.3. The first-order chi connectivity index (χ1) is 11.5. The fourth-order valence-corrected chi connectivity index (χ4v) is 4.45. The molecule has 0 bridgehead atoms. The van der Waals surface area contributed by atoms with E-state index in [0.717, 1.165) is 31.4 Å². The zero-order valence-electron chi connectivity index (χ0n) is 14.5. The van der Waals surface area contributed by atoms with Gasteiger partial charge >= 0.3 is 0 Å². The Hall–Kier alpha value is -1.40. The maximum absolute atomic E-state index is 12.1. The number of nitrogens with zero attached hydrogens (tertiary/aromatic N) is 1. The fraction of sp³-hybridized carbons (Fsp3) is 0.611. The van der Waals surface area contributed by atoms with E-state index in [1.807, 2.05) is 24.3 Å². The van der Waals surface area contributed by atoms with Crippen LogP contribution in [0.25, 0.3) is 0 Å². The molecule has 0 spiro atoms. The first kappa shape index (κ1) is 18.9. The Bertz CT molecular complexity index is 620. The molecule has 2 rings (SSSR count). The summed E-state index contributed by atoms with van der Waals surface area (Å²) in [7, 11) is -3.19. The number of hydrogen-bond donors (Lipinski definition) is 1.